The lowest BCUT2D eigenvalue weighted by Gasteiger charge is -2.29. The molecule has 0 bridgehead atoms. The summed E-state index contributed by atoms with van der Waals surface area (Å²) in [5.41, 5.74) is 3.25. The van der Waals surface area contributed by atoms with E-state index in [9.17, 15) is 14.9 Å². The van der Waals surface area contributed by atoms with Crippen molar-refractivity contribution in [1.82, 2.24) is 15.3 Å². The van der Waals surface area contributed by atoms with Crippen molar-refractivity contribution in [3.8, 4) is 16.9 Å². The fourth-order valence-electron chi connectivity index (χ4n) is 4.31. The number of fused-ring (bicyclic) bond motifs is 1. The van der Waals surface area contributed by atoms with Crippen LogP contribution in [0.3, 0.4) is 0 Å². The summed E-state index contributed by atoms with van der Waals surface area (Å²) in [5, 5.41) is 34.5. The maximum atomic E-state index is 13.6. The number of benzene rings is 3. The van der Waals surface area contributed by atoms with Gasteiger partial charge < -0.3 is 9.64 Å². The highest BCUT2D eigenvalue weighted by atomic mass is 16.6. The quantitative estimate of drug-likeness (QED) is 0.169. The fraction of sp³-hybridized carbons (Fsp3) is 0.160. The van der Waals surface area contributed by atoms with Crippen LogP contribution in [0.15, 0.2) is 71.5 Å². The molecule has 0 atom stereocenters. The molecule has 0 saturated carbocycles. The zero-order valence-electron chi connectivity index (χ0n) is 19.0. The van der Waals surface area contributed by atoms with Gasteiger partial charge in [-0.1, -0.05) is 36.4 Å². The lowest BCUT2D eigenvalue weighted by Crippen LogP contribution is -2.36. The summed E-state index contributed by atoms with van der Waals surface area (Å²) in [6.07, 6.45) is 0. The molecule has 1 aromatic heterocycles. The number of nitrogens with one attached hydrogen (secondary N) is 2. The van der Waals surface area contributed by atoms with Crippen molar-refractivity contribution >= 4 is 28.0 Å². The molecule has 11 nitrogen and oxygen atoms in total. The largest absolute Gasteiger partial charge is 0.378 e. The topological polar surface area (TPSA) is 147 Å². The highest BCUT2D eigenvalue weighted by Crippen LogP contribution is 2.31. The van der Waals surface area contributed by atoms with Crippen LogP contribution in [0.4, 0.5) is 11.4 Å². The maximum absolute atomic E-state index is 13.6. The lowest BCUT2D eigenvalue weighted by atomic mass is 10.0. The standard InChI is InChI=1S/C25H22N6O5/c26-24(28-33)17-5-3-4-16(14-17)23-19-6-1-2-7-20(19)25(32)30(27-23)22-15-18(8-9-21(22)31(34)35)29-10-12-36-13-11-29/h1-9,14-15,33H,10-13H2,(H2,26,28). The van der Waals surface area contributed by atoms with E-state index in [1.54, 1.807) is 60.7 Å². The van der Waals surface area contributed by atoms with Crippen LogP contribution in [0.25, 0.3) is 27.7 Å². The third-order valence-corrected chi connectivity index (χ3v) is 6.10. The van der Waals surface area contributed by atoms with Crippen LogP contribution >= 0.6 is 0 Å². The van der Waals surface area contributed by atoms with Gasteiger partial charge in [-0.3, -0.25) is 31.0 Å². The number of hydroxylamine groups is 1. The highest BCUT2D eigenvalue weighted by molar-refractivity contribution is 5.99. The summed E-state index contributed by atoms with van der Waals surface area (Å²) in [4.78, 5) is 27.0. The number of morpholine rings is 1. The molecule has 0 amide bonds. The molecule has 1 aliphatic heterocycles. The van der Waals surface area contributed by atoms with Crippen molar-refractivity contribution in [2.24, 2.45) is 0 Å². The Morgan fingerprint density at radius 3 is 2.53 bits per heavy atom. The van der Waals surface area contributed by atoms with Gasteiger partial charge in [-0.05, 0) is 24.3 Å². The molecular weight excluding hydrogens is 464 g/mol. The number of hydrogen-bond donors (Lipinski definition) is 3. The van der Waals surface area contributed by atoms with Crippen LogP contribution in [0.2, 0.25) is 0 Å². The minimum atomic E-state index is -0.531. The van der Waals surface area contributed by atoms with E-state index in [1.165, 1.54) is 6.07 Å². The second kappa shape index (κ2) is 9.56. The van der Waals surface area contributed by atoms with Gasteiger partial charge in [0.05, 0.1) is 29.2 Å². The van der Waals surface area contributed by atoms with Crippen LogP contribution in [0.1, 0.15) is 5.56 Å². The van der Waals surface area contributed by atoms with Gasteiger partial charge in [0.25, 0.3) is 11.2 Å². The van der Waals surface area contributed by atoms with E-state index in [-0.39, 0.29) is 17.2 Å². The van der Waals surface area contributed by atoms with E-state index < -0.39 is 10.5 Å². The van der Waals surface area contributed by atoms with Crippen molar-refractivity contribution in [2.75, 3.05) is 31.2 Å². The molecule has 182 valence electrons. The summed E-state index contributed by atoms with van der Waals surface area (Å²) in [6.45, 7) is 2.33. The zero-order chi connectivity index (χ0) is 25.2. The lowest BCUT2D eigenvalue weighted by molar-refractivity contribution is -0.384. The third kappa shape index (κ3) is 4.17. The summed E-state index contributed by atoms with van der Waals surface area (Å²) >= 11 is 0. The number of hydrogen-bond acceptors (Lipinski definition) is 8. The molecule has 5 rings (SSSR count). The number of rotatable bonds is 5. The summed E-state index contributed by atoms with van der Waals surface area (Å²) in [6, 6.07) is 18.3. The van der Waals surface area contributed by atoms with Gasteiger partial charge in [0, 0.05) is 41.4 Å². The molecule has 4 aromatic rings. The molecule has 3 N–H and O–H groups in total. The molecule has 0 aliphatic carbocycles. The Morgan fingerprint density at radius 1 is 1.06 bits per heavy atom. The average molecular weight is 486 g/mol. The molecule has 0 unspecified atom stereocenters. The van der Waals surface area contributed by atoms with Gasteiger partial charge in [0.15, 0.2) is 0 Å². The SMILES string of the molecule is N=C(NO)c1cccc(-c2nn(-c3cc(N4CCOCC4)ccc3[N+](=O)[O-])c(=O)c3ccccc23)c1. The molecule has 3 aromatic carbocycles. The highest BCUT2D eigenvalue weighted by Gasteiger charge is 2.23. The molecule has 0 radical (unpaired) electrons. The minimum absolute atomic E-state index is 0.0573. The third-order valence-electron chi connectivity index (χ3n) is 6.10. The van der Waals surface area contributed by atoms with Gasteiger partial charge in [-0.25, -0.2) is 0 Å². The predicted molar refractivity (Wildman–Crippen MR) is 134 cm³/mol. The van der Waals surface area contributed by atoms with Crippen LogP contribution < -0.4 is 15.9 Å². The molecule has 1 fully saturated rings. The summed E-state index contributed by atoms with van der Waals surface area (Å²) in [7, 11) is 0. The smallest absolute Gasteiger partial charge is 0.295 e. The van der Waals surface area contributed by atoms with Gasteiger partial charge in [0.1, 0.15) is 11.5 Å². The van der Waals surface area contributed by atoms with Crippen LogP contribution in [0.5, 0.6) is 0 Å². The number of aromatic nitrogens is 2. The van der Waals surface area contributed by atoms with E-state index >= 15 is 0 Å². The number of amidine groups is 1. The first-order valence-electron chi connectivity index (χ1n) is 11.2. The van der Waals surface area contributed by atoms with Crippen molar-refractivity contribution in [3.63, 3.8) is 0 Å². The van der Waals surface area contributed by atoms with Gasteiger partial charge >= 0.3 is 0 Å². The molecular formula is C25H22N6O5. The molecule has 1 saturated heterocycles. The summed E-state index contributed by atoms with van der Waals surface area (Å²) < 4.78 is 6.48. The van der Waals surface area contributed by atoms with Crippen LogP contribution in [-0.4, -0.2) is 52.0 Å². The van der Waals surface area contributed by atoms with Gasteiger partial charge in [-0.15, -0.1) is 0 Å². The summed E-state index contributed by atoms with van der Waals surface area (Å²) in [5.74, 6) is -0.205. The minimum Gasteiger partial charge on any atom is -0.378 e. The predicted octanol–water partition coefficient (Wildman–Crippen LogP) is 3.10. The molecule has 11 heteroatoms. The number of nitro groups is 1. The Hall–Kier alpha value is -4.61. The van der Waals surface area contributed by atoms with E-state index in [2.05, 4.69) is 5.10 Å². The molecule has 2 heterocycles. The Kier molecular flexibility index (Phi) is 6.15. The van der Waals surface area contributed by atoms with E-state index in [4.69, 9.17) is 15.4 Å². The Balaban J connectivity index is 1.77. The number of nitro benzene ring substituents is 1. The monoisotopic (exact) mass is 486 g/mol. The Morgan fingerprint density at radius 2 is 1.81 bits per heavy atom. The Bertz CT molecular complexity index is 1540. The molecule has 36 heavy (non-hydrogen) atoms. The molecule has 1 aliphatic rings. The van der Waals surface area contributed by atoms with E-state index in [0.29, 0.717) is 53.9 Å². The van der Waals surface area contributed by atoms with Crippen LogP contribution in [0, 0.1) is 15.5 Å². The first kappa shape index (κ1) is 23.1. The normalized spacial score (nSPS) is 13.5. The van der Waals surface area contributed by atoms with Crippen molar-refractivity contribution in [2.45, 2.75) is 0 Å². The number of nitrogens with zero attached hydrogens (tertiary/aromatic N) is 4. The average Bonchev–Trinajstić information content (AvgIpc) is 2.93. The number of anilines is 1. The molecule has 0 spiro atoms. The van der Waals surface area contributed by atoms with E-state index in [1.807, 2.05) is 10.4 Å². The van der Waals surface area contributed by atoms with Crippen molar-refractivity contribution in [3.05, 3.63) is 92.8 Å². The first-order valence-corrected chi connectivity index (χ1v) is 11.2. The Labute approximate surface area is 204 Å². The second-order valence-electron chi connectivity index (χ2n) is 8.21. The second-order valence-corrected chi connectivity index (χ2v) is 8.21. The van der Waals surface area contributed by atoms with Crippen LogP contribution in [-0.2, 0) is 4.74 Å². The van der Waals surface area contributed by atoms with Gasteiger partial charge in [0.2, 0.25) is 0 Å². The van der Waals surface area contributed by atoms with Crippen molar-refractivity contribution < 1.29 is 14.9 Å². The van der Waals surface area contributed by atoms with E-state index in [0.717, 1.165) is 10.4 Å². The number of ether oxygens (including phenoxy) is 1. The van der Waals surface area contributed by atoms with Gasteiger partial charge in [-0.2, -0.15) is 9.78 Å². The fourth-order valence-corrected chi connectivity index (χ4v) is 4.31. The zero-order valence-corrected chi connectivity index (χ0v) is 19.0. The van der Waals surface area contributed by atoms with Crippen molar-refractivity contribution in [1.29, 1.82) is 5.41 Å². The first-order chi connectivity index (χ1) is 17.5. The maximum Gasteiger partial charge on any atom is 0.295 e.